The number of hydrogen-bond acceptors (Lipinski definition) is 2. The molecule has 2 aromatic rings. The summed E-state index contributed by atoms with van der Waals surface area (Å²) in [4.78, 5) is 0. The fraction of sp³-hybridized carbons (Fsp3) is 0.357. The van der Waals surface area contributed by atoms with Crippen molar-refractivity contribution in [2.75, 3.05) is 5.32 Å². The number of aryl methyl sites for hydroxylation is 1. The van der Waals surface area contributed by atoms with Crippen molar-refractivity contribution >= 4 is 5.69 Å². The van der Waals surface area contributed by atoms with Crippen LogP contribution < -0.4 is 5.32 Å². The van der Waals surface area contributed by atoms with Crippen LogP contribution in [0, 0.1) is 11.6 Å². The Kier molecular flexibility index (Phi) is 2.97. The van der Waals surface area contributed by atoms with Gasteiger partial charge in [0, 0.05) is 30.1 Å². The number of benzene rings is 1. The van der Waals surface area contributed by atoms with Gasteiger partial charge in [0.2, 0.25) is 0 Å². The third-order valence-electron chi connectivity index (χ3n) is 3.64. The Hall–Kier alpha value is -1.91. The molecule has 0 radical (unpaired) electrons. The van der Waals surface area contributed by atoms with E-state index in [2.05, 4.69) is 10.4 Å². The summed E-state index contributed by atoms with van der Waals surface area (Å²) >= 11 is 0. The van der Waals surface area contributed by atoms with Crippen molar-refractivity contribution in [2.45, 2.75) is 25.3 Å². The second-order valence-electron chi connectivity index (χ2n) is 4.89. The summed E-state index contributed by atoms with van der Waals surface area (Å²) < 4.78 is 28.0. The van der Waals surface area contributed by atoms with Crippen LogP contribution >= 0.6 is 0 Å². The maximum absolute atomic E-state index is 13.2. The van der Waals surface area contributed by atoms with Gasteiger partial charge in [0.1, 0.15) is 0 Å². The number of nitrogens with zero attached hydrogens (tertiary/aromatic N) is 2. The lowest BCUT2D eigenvalue weighted by molar-refractivity contribution is 0.508. The third-order valence-corrected chi connectivity index (χ3v) is 3.64. The van der Waals surface area contributed by atoms with E-state index in [9.17, 15) is 8.78 Å². The van der Waals surface area contributed by atoms with Crippen molar-refractivity contribution in [3.8, 4) is 0 Å². The Morgan fingerprint density at radius 2 is 2.16 bits per heavy atom. The Labute approximate surface area is 110 Å². The van der Waals surface area contributed by atoms with E-state index in [0.29, 0.717) is 5.69 Å². The molecule has 0 aliphatic heterocycles. The van der Waals surface area contributed by atoms with Gasteiger partial charge in [-0.25, -0.2) is 8.78 Å². The summed E-state index contributed by atoms with van der Waals surface area (Å²) in [5.41, 5.74) is 2.96. The standard InChI is InChI=1S/C14H15F2N3/c1-19-14-4-2-3-13(10(14)8-17-19)18-9-5-6-11(15)12(16)7-9/h5-8,13,18H,2-4H2,1H3. The maximum Gasteiger partial charge on any atom is 0.160 e. The van der Waals surface area contributed by atoms with E-state index in [1.54, 1.807) is 6.07 Å². The molecule has 1 aliphatic rings. The zero-order valence-electron chi connectivity index (χ0n) is 10.7. The topological polar surface area (TPSA) is 29.9 Å². The minimum Gasteiger partial charge on any atom is -0.378 e. The molecular formula is C14H15F2N3. The summed E-state index contributed by atoms with van der Waals surface area (Å²) in [5, 5.41) is 7.52. The number of halogens is 2. The Morgan fingerprint density at radius 1 is 1.32 bits per heavy atom. The second-order valence-corrected chi connectivity index (χ2v) is 4.89. The molecule has 1 aromatic carbocycles. The molecule has 0 spiro atoms. The van der Waals surface area contributed by atoms with Crippen LogP contribution in [0.3, 0.4) is 0 Å². The Balaban J connectivity index is 1.86. The van der Waals surface area contributed by atoms with Crippen LogP contribution in [0.4, 0.5) is 14.5 Å². The zero-order chi connectivity index (χ0) is 13.4. The summed E-state index contributed by atoms with van der Waals surface area (Å²) in [6.45, 7) is 0. The van der Waals surface area contributed by atoms with Crippen molar-refractivity contribution < 1.29 is 8.78 Å². The molecule has 1 N–H and O–H groups in total. The van der Waals surface area contributed by atoms with Crippen LogP contribution in [0.25, 0.3) is 0 Å². The lowest BCUT2D eigenvalue weighted by Crippen LogP contribution is -2.17. The first kappa shape index (κ1) is 12.1. The van der Waals surface area contributed by atoms with Crippen LogP contribution in [0.1, 0.15) is 30.1 Å². The quantitative estimate of drug-likeness (QED) is 0.901. The van der Waals surface area contributed by atoms with Gasteiger partial charge in [-0.2, -0.15) is 5.10 Å². The van der Waals surface area contributed by atoms with Crippen molar-refractivity contribution in [1.82, 2.24) is 9.78 Å². The average molecular weight is 263 g/mol. The molecule has 1 aromatic heterocycles. The van der Waals surface area contributed by atoms with Crippen LogP contribution in [0.5, 0.6) is 0 Å². The van der Waals surface area contributed by atoms with E-state index in [1.807, 2.05) is 17.9 Å². The van der Waals surface area contributed by atoms with E-state index in [1.165, 1.54) is 11.8 Å². The monoisotopic (exact) mass is 263 g/mol. The van der Waals surface area contributed by atoms with E-state index < -0.39 is 11.6 Å². The SMILES string of the molecule is Cn1ncc2c1CCCC2Nc1ccc(F)c(F)c1. The van der Waals surface area contributed by atoms with Crippen molar-refractivity contribution in [1.29, 1.82) is 0 Å². The highest BCUT2D eigenvalue weighted by Gasteiger charge is 2.23. The van der Waals surface area contributed by atoms with Gasteiger partial charge in [-0.1, -0.05) is 0 Å². The number of nitrogens with one attached hydrogen (secondary N) is 1. The van der Waals surface area contributed by atoms with Gasteiger partial charge in [-0.15, -0.1) is 0 Å². The van der Waals surface area contributed by atoms with Crippen molar-refractivity contribution in [3.63, 3.8) is 0 Å². The van der Waals surface area contributed by atoms with Crippen LogP contribution in [-0.2, 0) is 13.5 Å². The minimum absolute atomic E-state index is 0.113. The number of fused-ring (bicyclic) bond motifs is 1. The molecule has 0 saturated heterocycles. The molecule has 1 unspecified atom stereocenters. The largest absolute Gasteiger partial charge is 0.378 e. The summed E-state index contributed by atoms with van der Waals surface area (Å²) in [5.74, 6) is -1.65. The highest BCUT2D eigenvalue weighted by molar-refractivity contribution is 5.46. The van der Waals surface area contributed by atoms with Gasteiger partial charge in [-0.3, -0.25) is 4.68 Å². The number of hydrogen-bond donors (Lipinski definition) is 1. The molecule has 0 amide bonds. The highest BCUT2D eigenvalue weighted by Crippen LogP contribution is 2.32. The van der Waals surface area contributed by atoms with E-state index in [4.69, 9.17) is 0 Å². The molecule has 0 saturated carbocycles. The van der Waals surface area contributed by atoms with Gasteiger partial charge < -0.3 is 5.32 Å². The van der Waals surface area contributed by atoms with Crippen LogP contribution in [0.15, 0.2) is 24.4 Å². The average Bonchev–Trinajstić information content (AvgIpc) is 2.77. The molecule has 0 fully saturated rings. The fourth-order valence-electron chi connectivity index (χ4n) is 2.64. The first-order valence-electron chi connectivity index (χ1n) is 6.37. The van der Waals surface area contributed by atoms with Gasteiger partial charge in [0.25, 0.3) is 0 Å². The normalized spacial score (nSPS) is 18.2. The fourth-order valence-corrected chi connectivity index (χ4v) is 2.64. The van der Waals surface area contributed by atoms with E-state index in [-0.39, 0.29) is 6.04 Å². The van der Waals surface area contributed by atoms with Crippen LogP contribution in [-0.4, -0.2) is 9.78 Å². The summed E-state index contributed by atoms with van der Waals surface area (Å²) in [7, 11) is 1.93. The van der Waals surface area contributed by atoms with Gasteiger partial charge in [0.05, 0.1) is 12.2 Å². The smallest absolute Gasteiger partial charge is 0.160 e. The van der Waals surface area contributed by atoms with Gasteiger partial charge >= 0.3 is 0 Å². The molecule has 100 valence electrons. The molecule has 1 aliphatic carbocycles. The minimum atomic E-state index is -0.827. The molecule has 3 rings (SSSR count). The predicted molar refractivity (Wildman–Crippen MR) is 68.9 cm³/mol. The highest BCUT2D eigenvalue weighted by atomic mass is 19.2. The lowest BCUT2D eigenvalue weighted by Gasteiger charge is -2.24. The molecule has 3 nitrogen and oxygen atoms in total. The van der Waals surface area contributed by atoms with Crippen LogP contribution in [0.2, 0.25) is 0 Å². The second kappa shape index (κ2) is 4.64. The Morgan fingerprint density at radius 3 is 2.95 bits per heavy atom. The molecule has 5 heteroatoms. The maximum atomic E-state index is 13.2. The zero-order valence-corrected chi connectivity index (χ0v) is 10.7. The van der Waals surface area contributed by atoms with Crippen molar-refractivity contribution in [2.24, 2.45) is 7.05 Å². The van der Waals surface area contributed by atoms with E-state index >= 15 is 0 Å². The number of aromatic nitrogens is 2. The molecule has 1 atom stereocenters. The summed E-state index contributed by atoms with van der Waals surface area (Å²) in [6, 6.07) is 4.01. The summed E-state index contributed by atoms with van der Waals surface area (Å²) in [6.07, 6.45) is 4.90. The van der Waals surface area contributed by atoms with Gasteiger partial charge in [-0.05, 0) is 31.4 Å². The lowest BCUT2D eigenvalue weighted by atomic mass is 9.93. The molecule has 19 heavy (non-hydrogen) atoms. The van der Waals surface area contributed by atoms with E-state index in [0.717, 1.165) is 30.9 Å². The first-order chi connectivity index (χ1) is 9.15. The number of anilines is 1. The first-order valence-corrected chi connectivity index (χ1v) is 6.37. The third kappa shape index (κ3) is 2.20. The number of rotatable bonds is 2. The Bertz CT molecular complexity index is 607. The molecule has 1 heterocycles. The molecule has 0 bridgehead atoms. The molecular weight excluding hydrogens is 248 g/mol. The predicted octanol–water partition coefficient (Wildman–Crippen LogP) is 3.19. The van der Waals surface area contributed by atoms with Crippen molar-refractivity contribution in [3.05, 3.63) is 47.3 Å². The van der Waals surface area contributed by atoms with Gasteiger partial charge in [0.15, 0.2) is 11.6 Å².